The van der Waals surface area contributed by atoms with Gasteiger partial charge in [0.05, 0.1) is 16.0 Å². The highest BCUT2D eigenvalue weighted by Crippen LogP contribution is 2.36. The predicted octanol–water partition coefficient (Wildman–Crippen LogP) is 5.91. The van der Waals surface area contributed by atoms with Gasteiger partial charge in [0.25, 0.3) is 0 Å². The molecule has 1 aromatic heterocycles. The van der Waals surface area contributed by atoms with Crippen LogP contribution in [0.3, 0.4) is 0 Å². The molecule has 0 radical (unpaired) electrons. The molecule has 1 N–H and O–H groups in total. The molecule has 150 valence electrons. The van der Waals surface area contributed by atoms with E-state index >= 15 is 0 Å². The lowest BCUT2D eigenvalue weighted by molar-refractivity contribution is -0.111. The normalized spacial score (nSPS) is 15.6. The van der Waals surface area contributed by atoms with E-state index in [9.17, 15) is 10.1 Å². The fourth-order valence-corrected chi connectivity index (χ4v) is 4.82. The van der Waals surface area contributed by atoms with Crippen LogP contribution in [0.1, 0.15) is 48.9 Å². The zero-order valence-electron chi connectivity index (χ0n) is 16.7. The van der Waals surface area contributed by atoms with Gasteiger partial charge in [0.1, 0.15) is 16.8 Å². The van der Waals surface area contributed by atoms with Crippen molar-refractivity contribution in [1.82, 2.24) is 0 Å². The first-order valence-corrected chi connectivity index (χ1v) is 11.1. The summed E-state index contributed by atoms with van der Waals surface area (Å²) in [6.45, 7) is 4.88. The number of nitriles is 1. The number of carbonyl (C=O) groups excluding carboxylic acids is 1. The lowest BCUT2D eigenvalue weighted by Crippen LogP contribution is -2.15. The smallest absolute Gasteiger partial charge is 0.249 e. The second kappa shape index (κ2) is 9.82. The predicted molar refractivity (Wildman–Crippen MR) is 121 cm³/mol. The molecule has 0 bridgehead atoms. The molecule has 1 unspecified atom stereocenters. The Kier molecular flexibility index (Phi) is 7.18. The molecule has 1 aromatic carbocycles. The monoisotopic (exact) mass is 424 g/mol. The Labute approximate surface area is 180 Å². The Bertz CT molecular complexity index is 1030. The van der Waals surface area contributed by atoms with Gasteiger partial charge in [-0.1, -0.05) is 44.3 Å². The van der Waals surface area contributed by atoms with Crippen LogP contribution in [0.15, 0.2) is 30.3 Å². The number of hydrogen-bond donors (Lipinski definition) is 1. The molecule has 0 spiro atoms. The van der Waals surface area contributed by atoms with Crippen molar-refractivity contribution in [3.05, 3.63) is 56.4 Å². The van der Waals surface area contributed by atoms with Crippen LogP contribution >= 0.6 is 23.6 Å². The summed E-state index contributed by atoms with van der Waals surface area (Å²) in [7, 11) is 0. The molecule has 3 rings (SSSR count). The van der Waals surface area contributed by atoms with E-state index in [0.29, 0.717) is 23.1 Å². The summed E-state index contributed by atoms with van der Waals surface area (Å²) in [4.78, 5) is 12.5. The number of nitrogens with one attached hydrogen (secondary N) is 1. The molecular formula is C23H24N2O2S2. The quantitative estimate of drug-likeness (QED) is 0.462. The Morgan fingerprint density at radius 3 is 2.97 bits per heavy atom. The van der Waals surface area contributed by atoms with Gasteiger partial charge in [0.15, 0.2) is 0 Å². The molecule has 1 aliphatic rings. The summed E-state index contributed by atoms with van der Waals surface area (Å²) in [6.07, 6.45) is 6.88. The largest absolute Gasteiger partial charge is 0.493 e. The van der Waals surface area contributed by atoms with Gasteiger partial charge in [-0.15, -0.1) is 11.3 Å². The maximum atomic E-state index is 12.5. The average molecular weight is 425 g/mol. The SMILES string of the molecule is CCCOc1ccccc1/C=C/C(=O)Nc1sc(=S)c2c(c1C#N)CCC(C)C2. The molecule has 0 saturated carbocycles. The standard InChI is InChI=1S/C23H24N2O2S2/c1-3-12-27-20-7-5-4-6-16(20)9-11-21(26)25-22-19(14-24)17-10-8-15(2)13-18(17)23(28)29-22/h4-7,9,11,15H,3,8,10,12-13H2,1-2H3,(H,25,26)/b11-9+. The molecule has 0 saturated heterocycles. The van der Waals surface area contributed by atoms with Crippen LogP contribution in [-0.4, -0.2) is 12.5 Å². The van der Waals surface area contributed by atoms with E-state index in [4.69, 9.17) is 17.0 Å². The Morgan fingerprint density at radius 2 is 2.21 bits per heavy atom. The van der Waals surface area contributed by atoms with Crippen LogP contribution in [0.2, 0.25) is 0 Å². The molecule has 0 fully saturated rings. The minimum absolute atomic E-state index is 0.290. The number of para-hydroxylation sites is 1. The third-order valence-electron chi connectivity index (χ3n) is 4.92. The number of anilines is 1. The Balaban J connectivity index is 1.82. The van der Waals surface area contributed by atoms with Crippen LogP contribution in [0.4, 0.5) is 5.00 Å². The van der Waals surface area contributed by atoms with Gasteiger partial charge < -0.3 is 10.1 Å². The number of benzene rings is 1. The maximum Gasteiger partial charge on any atom is 0.249 e. The van der Waals surface area contributed by atoms with E-state index in [1.807, 2.05) is 31.2 Å². The highest BCUT2D eigenvalue weighted by molar-refractivity contribution is 7.73. The van der Waals surface area contributed by atoms with Crippen molar-refractivity contribution in [3.63, 3.8) is 0 Å². The van der Waals surface area contributed by atoms with Crippen LogP contribution in [0.25, 0.3) is 6.08 Å². The number of carbonyl (C=O) groups is 1. The molecule has 1 aliphatic carbocycles. The van der Waals surface area contributed by atoms with Crippen molar-refractivity contribution in [1.29, 1.82) is 5.26 Å². The van der Waals surface area contributed by atoms with Crippen molar-refractivity contribution in [2.75, 3.05) is 11.9 Å². The molecule has 6 heteroatoms. The molecule has 0 aliphatic heterocycles. The zero-order chi connectivity index (χ0) is 20.8. The van der Waals surface area contributed by atoms with Gasteiger partial charge in [-0.05, 0) is 54.9 Å². The Morgan fingerprint density at radius 1 is 1.41 bits per heavy atom. The van der Waals surface area contributed by atoms with Gasteiger partial charge in [-0.3, -0.25) is 4.79 Å². The van der Waals surface area contributed by atoms with Gasteiger partial charge in [-0.25, -0.2) is 0 Å². The summed E-state index contributed by atoms with van der Waals surface area (Å²) < 4.78 is 6.49. The molecule has 1 heterocycles. The fourth-order valence-electron chi connectivity index (χ4n) is 3.43. The van der Waals surface area contributed by atoms with Crippen molar-refractivity contribution in [2.45, 2.75) is 39.5 Å². The number of ether oxygens (including phenoxy) is 1. The van der Waals surface area contributed by atoms with E-state index in [2.05, 4.69) is 18.3 Å². The number of rotatable bonds is 6. The summed E-state index contributed by atoms with van der Waals surface area (Å²) in [5.74, 6) is 1.03. The summed E-state index contributed by atoms with van der Waals surface area (Å²) in [5, 5.41) is 13.1. The topological polar surface area (TPSA) is 62.1 Å². The first kappa shape index (κ1) is 21.2. The number of amides is 1. The minimum atomic E-state index is -0.290. The van der Waals surface area contributed by atoms with E-state index in [1.165, 1.54) is 17.4 Å². The molecule has 1 atom stereocenters. The second-order valence-corrected chi connectivity index (χ2v) is 8.91. The van der Waals surface area contributed by atoms with Crippen molar-refractivity contribution < 1.29 is 9.53 Å². The minimum Gasteiger partial charge on any atom is -0.493 e. The number of fused-ring (bicyclic) bond motifs is 1. The van der Waals surface area contributed by atoms with E-state index in [-0.39, 0.29) is 5.91 Å². The van der Waals surface area contributed by atoms with Crippen molar-refractivity contribution in [2.24, 2.45) is 5.92 Å². The van der Waals surface area contributed by atoms with Gasteiger partial charge in [0, 0.05) is 11.6 Å². The maximum absolute atomic E-state index is 12.5. The van der Waals surface area contributed by atoms with Crippen molar-refractivity contribution >= 4 is 40.5 Å². The summed E-state index contributed by atoms with van der Waals surface area (Å²) in [6, 6.07) is 9.88. The van der Waals surface area contributed by atoms with Crippen LogP contribution < -0.4 is 10.1 Å². The third kappa shape index (κ3) is 5.11. The van der Waals surface area contributed by atoms with Crippen LogP contribution in [-0.2, 0) is 17.6 Å². The van der Waals surface area contributed by atoms with E-state index < -0.39 is 0 Å². The first-order valence-electron chi connectivity index (χ1n) is 9.83. The number of hydrogen-bond acceptors (Lipinski definition) is 5. The third-order valence-corrected chi connectivity index (χ3v) is 6.36. The van der Waals surface area contributed by atoms with Gasteiger partial charge in [-0.2, -0.15) is 5.26 Å². The molecule has 1 amide bonds. The van der Waals surface area contributed by atoms with Crippen molar-refractivity contribution in [3.8, 4) is 11.8 Å². The molecule has 29 heavy (non-hydrogen) atoms. The average Bonchev–Trinajstić information content (AvgIpc) is 2.72. The van der Waals surface area contributed by atoms with Gasteiger partial charge in [0.2, 0.25) is 5.91 Å². The molecule has 2 aromatic rings. The highest BCUT2D eigenvalue weighted by Gasteiger charge is 2.23. The Hall–Kier alpha value is -2.49. The lowest BCUT2D eigenvalue weighted by atomic mass is 9.85. The molecule has 4 nitrogen and oxygen atoms in total. The number of nitrogens with zero attached hydrogens (tertiary/aromatic N) is 1. The van der Waals surface area contributed by atoms with E-state index in [1.54, 1.807) is 6.08 Å². The fraction of sp³-hybridized carbons (Fsp3) is 0.348. The molecular weight excluding hydrogens is 400 g/mol. The van der Waals surface area contributed by atoms with Gasteiger partial charge >= 0.3 is 0 Å². The van der Waals surface area contributed by atoms with Crippen LogP contribution in [0, 0.1) is 21.1 Å². The van der Waals surface area contributed by atoms with E-state index in [0.717, 1.165) is 51.9 Å². The van der Waals surface area contributed by atoms with Crippen LogP contribution in [0.5, 0.6) is 5.75 Å². The second-order valence-electron chi connectivity index (χ2n) is 7.22. The zero-order valence-corrected chi connectivity index (χ0v) is 18.3. The highest BCUT2D eigenvalue weighted by atomic mass is 32.1. The summed E-state index contributed by atoms with van der Waals surface area (Å²) >= 11 is 6.87. The summed E-state index contributed by atoms with van der Waals surface area (Å²) in [5.41, 5.74) is 3.50. The first-order chi connectivity index (χ1) is 14.0. The lowest BCUT2D eigenvalue weighted by Gasteiger charge is -2.23.